The molecule has 0 saturated carbocycles. The molecule has 7 aromatic heterocycles. The molecule has 2 N–H and O–H groups in total. The van der Waals surface area contributed by atoms with E-state index >= 15 is 0 Å². The molecular formula is C52H45N8O5+. The Kier molecular flexibility index (Phi) is 9.33. The Bertz CT molecular complexity index is 3060. The van der Waals surface area contributed by atoms with Gasteiger partial charge in [0, 0.05) is 93.6 Å². The first-order chi connectivity index (χ1) is 31.6. The Morgan fingerprint density at radius 1 is 0.462 bits per heavy atom. The maximum Gasteiger partial charge on any atom is 0.190 e. The largest absolute Gasteiger partial charge is 0.354 e. The molecular weight excluding hydrogens is 817 g/mol. The molecule has 5 aliphatic rings. The third-order valence-electron chi connectivity index (χ3n) is 12.5. The van der Waals surface area contributed by atoms with Crippen LogP contribution < -0.4 is 4.57 Å². The van der Waals surface area contributed by atoms with Gasteiger partial charge >= 0.3 is 0 Å². The summed E-state index contributed by atoms with van der Waals surface area (Å²) in [5, 5.41) is 0. The summed E-state index contributed by atoms with van der Waals surface area (Å²) in [6.45, 7) is 8.17. The number of aromatic nitrogens is 8. The molecule has 3 fully saturated rings. The first kappa shape index (κ1) is 39.6. The minimum Gasteiger partial charge on any atom is -0.354 e. The van der Waals surface area contributed by atoms with Gasteiger partial charge in [-0.15, -0.1) is 0 Å². The van der Waals surface area contributed by atoms with Crippen LogP contribution in [0.3, 0.4) is 0 Å². The van der Waals surface area contributed by atoms with Gasteiger partial charge in [0.05, 0.1) is 22.8 Å². The second-order valence-electron chi connectivity index (χ2n) is 17.7. The molecule has 0 aromatic carbocycles. The Morgan fingerprint density at radius 3 is 1.37 bits per heavy atom. The van der Waals surface area contributed by atoms with Gasteiger partial charge in [0.2, 0.25) is 0 Å². The molecule has 5 aliphatic heterocycles. The molecule has 12 rings (SSSR count). The van der Waals surface area contributed by atoms with Gasteiger partial charge in [0.1, 0.15) is 24.4 Å². The predicted octanol–water partition coefficient (Wildman–Crippen LogP) is 9.19. The van der Waals surface area contributed by atoms with E-state index in [1.54, 1.807) is 12.4 Å². The number of ether oxygens (including phenoxy) is 5. The van der Waals surface area contributed by atoms with Crippen molar-refractivity contribution >= 4 is 46.4 Å². The van der Waals surface area contributed by atoms with Gasteiger partial charge in [0.25, 0.3) is 0 Å². The van der Waals surface area contributed by atoms with E-state index in [0.29, 0.717) is 6.54 Å². The van der Waals surface area contributed by atoms with Crippen molar-refractivity contribution in [1.82, 2.24) is 34.9 Å². The topological polar surface area (TPSA) is 146 Å². The van der Waals surface area contributed by atoms with Crippen LogP contribution in [0.2, 0.25) is 0 Å². The number of nitrogens with one attached hydrogen (secondary N) is 2. The van der Waals surface area contributed by atoms with Gasteiger partial charge in [-0.1, -0.05) is 0 Å². The van der Waals surface area contributed by atoms with Crippen LogP contribution in [0.4, 0.5) is 0 Å². The van der Waals surface area contributed by atoms with Crippen LogP contribution in [-0.2, 0) is 30.2 Å². The third kappa shape index (κ3) is 7.18. The number of fused-ring (bicyclic) bond motifs is 11. The van der Waals surface area contributed by atoms with Crippen molar-refractivity contribution < 1.29 is 28.3 Å². The van der Waals surface area contributed by atoms with Crippen molar-refractivity contribution in [2.45, 2.75) is 76.5 Å². The first-order valence-electron chi connectivity index (χ1n) is 21.9. The number of hydrogen-bond acceptors (Lipinski definition) is 10. The summed E-state index contributed by atoms with van der Waals surface area (Å²) in [7, 11) is 0. The Labute approximate surface area is 374 Å². The van der Waals surface area contributed by atoms with E-state index in [0.717, 1.165) is 89.4 Å². The van der Waals surface area contributed by atoms with Crippen LogP contribution in [0.15, 0.2) is 122 Å². The zero-order valence-electron chi connectivity index (χ0n) is 36.2. The highest BCUT2D eigenvalue weighted by molar-refractivity contribution is 6.00. The second-order valence-corrected chi connectivity index (χ2v) is 17.7. The average Bonchev–Trinajstić information content (AvgIpc) is 4.18. The van der Waals surface area contributed by atoms with E-state index in [4.69, 9.17) is 33.7 Å². The zero-order chi connectivity index (χ0) is 43.9. The molecule has 0 aliphatic carbocycles. The summed E-state index contributed by atoms with van der Waals surface area (Å²) in [6, 6.07) is 24.9. The molecule has 12 heterocycles. The van der Waals surface area contributed by atoms with Crippen molar-refractivity contribution in [1.29, 1.82) is 0 Å². The summed E-state index contributed by atoms with van der Waals surface area (Å²) in [5.74, 6) is -1.58. The zero-order valence-corrected chi connectivity index (χ0v) is 36.2. The lowest BCUT2D eigenvalue weighted by molar-refractivity contribution is -0.706. The molecule has 0 spiro atoms. The molecule has 13 heteroatoms. The van der Waals surface area contributed by atoms with Crippen molar-refractivity contribution in [2.24, 2.45) is 0 Å². The van der Waals surface area contributed by atoms with Crippen LogP contribution in [-0.4, -0.2) is 77.2 Å². The fourth-order valence-electron chi connectivity index (χ4n) is 9.77. The summed E-state index contributed by atoms with van der Waals surface area (Å²) >= 11 is 0. The molecule has 0 radical (unpaired) electrons. The van der Waals surface area contributed by atoms with Gasteiger partial charge in [-0.3, -0.25) is 15.0 Å². The Hall–Kier alpha value is -7.00. The number of aromatic amines is 2. The van der Waals surface area contributed by atoms with Gasteiger partial charge in [-0.2, -0.15) is 0 Å². The van der Waals surface area contributed by atoms with E-state index in [-0.39, 0.29) is 24.4 Å². The number of H-pyrrole nitrogens is 2. The van der Waals surface area contributed by atoms with E-state index in [2.05, 4.69) is 103 Å². The summed E-state index contributed by atoms with van der Waals surface area (Å²) in [5.41, 5.74) is 14.6. The molecule has 5 atom stereocenters. The lowest BCUT2D eigenvalue weighted by Crippen LogP contribution is -2.58. The maximum absolute atomic E-state index is 6.58. The monoisotopic (exact) mass is 861 g/mol. The van der Waals surface area contributed by atoms with Crippen LogP contribution in [0.25, 0.3) is 90.9 Å². The van der Waals surface area contributed by atoms with Crippen LogP contribution in [0, 0.1) is 0 Å². The summed E-state index contributed by atoms with van der Waals surface area (Å²) < 4.78 is 34.0. The van der Waals surface area contributed by atoms with Gasteiger partial charge in [0.15, 0.2) is 36.8 Å². The van der Waals surface area contributed by atoms with Crippen molar-refractivity contribution in [3.05, 3.63) is 145 Å². The first-order valence-corrected chi connectivity index (χ1v) is 21.9. The highest BCUT2D eigenvalue weighted by Crippen LogP contribution is 2.45. The van der Waals surface area contributed by atoms with Crippen LogP contribution in [0.5, 0.6) is 0 Å². The molecule has 3 saturated heterocycles. The average molecular weight is 862 g/mol. The van der Waals surface area contributed by atoms with Crippen LogP contribution in [0.1, 0.15) is 50.5 Å². The Morgan fingerprint density at radius 2 is 0.862 bits per heavy atom. The summed E-state index contributed by atoms with van der Waals surface area (Å²) in [4.78, 5) is 31.4. The Balaban J connectivity index is 1.05. The van der Waals surface area contributed by atoms with Gasteiger partial charge < -0.3 is 33.7 Å². The molecule has 65 heavy (non-hydrogen) atoms. The smallest absolute Gasteiger partial charge is 0.190 e. The van der Waals surface area contributed by atoms with E-state index in [1.807, 2.05) is 88.9 Å². The standard InChI is InChI=1S/C52H44N8O5/c1-51(2)62-47-42(61-50-49(48(47)63-51)64-52(3,4)65-50)29-60-27-19-33(20-28-60)46-40-11-9-38(58-40)44(31-15-23-54-24-16-31)36-7-5-34(56-36)43(30-13-21-53-22-14-30)35-6-8-37(57-35)45(32-17-25-55-26-18-32)39-10-12-41(46)59-39/h5-28,42,47-50H,29H2,1-4H3,(H,56,57,58,59)/p+1/t42-,47+,48+,49-,50-/m1/s1. The molecule has 8 bridgehead atoms. The van der Waals surface area contributed by atoms with E-state index in [9.17, 15) is 0 Å². The fraction of sp³-hybridized carbons (Fsp3) is 0.231. The quantitative estimate of drug-likeness (QED) is 0.155. The van der Waals surface area contributed by atoms with Gasteiger partial charge in [-0.05, 0) is 135 Å². The van der Waals surface area contributed by atoms with Crippen LogP contribution >= 0.6 is 0 Å². The highest BCUT2D eigenvalue weighted by atomic mass is 16.9. The highest BCUT2D eigenvalue weighted by Gasteiger charge is 2.61. The van der Waals surface area contributed by atoms with Crippen molar-refractivity contribution in [3.63, 3.8) is 0 Å². The molecule has 7 aromatic rings. The summed E-state index contributed by atoms with van der Waals surface area (Å²) in [6.07, 6.45) is 21.3. The van der Waals surface area contributed by atoms with Crippen molar-refractivity contribution in [2.75, 3.05) is 0 Å². The number of nitrogens with zero attached hydrogens (tertiary/aromatic N) is 6. The van der Waals surface area contributed by atoms with Crippen molar-refractivity contribution in [3.8, 4) is 44.5 Å². The van der Waals surface area contributed by atoms with E-state index in [1.165, 1.54) is 0 Å². The number of pyridine rings is 4. The van der Waals surface area contributed by atoms with E-state index < -0.39 is 17.9 Å². The molecule has 322 valence electrons. The number of hydrogen-bond donors (Lipinski definition) is 2. The fourth-order valence-corrected chi connectivity index (χ4v) is 9.77. The SMILES string of the molecule is CC1(C)O[C@H]2[C@@H](O1)[C@@H](C[n+]1ccc(-c3c4ccc([nH]4)c(-c4ccncc4)c4nc(c(-c5ccncc5)c5nc(c(-c6ccncc6)c6ccc3[nH]6)C=C5)C=C4)cc1)O[C@@H]1OC(C)(C)O[C@@H]12. The molecule has 0 amide bonds. The number of rotatable bonds is 6. The third-order valence-corrected chi connectivity index (χ3v) is 12.5. The second kappa shape index (κ2) is 15.3. The predicted molar refractivity (Wildman–Crippen MR) is 247 cm³/mol. The normalized spacial score (nSPS) is 22.5. The minimum absolute atomic E-state index is 0.330. The molecule has 0 unspecified atom stereocenters. The lowest BCUT2D eigenvalue weighted by Gasteiger charge is -2.35. The van der Waals surface area contributed by atoms with Gasteiger partial charge in [-0.25, -0.2) is 14.5 Å². The maximum atomic E-state index is 6.58. The lowest BCUT2D eigenvalue weighted by atomic mass is 9.98. The molecule has 13 nitrogen and oxygen atoms in total. The minimum atomic E-state index is -0.793.